The van der Waals surface area contributed by atoms with Crippen LogP contribution in [0.5, 0.6) is 0 Å². The molecule has 1 amide bonds. The lowest BCUT2D eigenvalue weighted by atomic mass is 10.2. The Morgan fingerprint density at radius 2 is 1.96 bits per heavy atom. The van der Waals surface area contributed by atoms with Crippen LogP contribution >= 0.6 is 11.3 Å². The Labute approximate surface area is 150 Å². The standard InChI is InChI=1S/C17H19FN2O3S2/c1-25(22,23)13-5-6-15(14(18)12-13)19-7-3-8-20(10-9-19)17(21)16-4-2-11-24-16/h2,4-6,11-12H,3,7-10H2,1H3. The Morgan fingerprint density at radius 3 is 2.60 bits per heavy atom. The third kappa shape index (κ3) is 4.01. The van der Waals surface area contributed by atoms with E-state index >= 15 is 0 Å². The number of nitrogens with zero attached hydrogens (tertiary/aromatic N) is 2. The van der Waals surface area contributed by atoms with E-state index in [0.29, 0.717) is 36.7 Å². The van der Waals surface area contributed by atoms with Crippen LogP contribution in [-0.2, 0) is 9.84 Å². The summed E-state index contributed by atoms with van der Waals surface area (Å²) in [7, 11) is -3.44. The topological polar surface area (TPSA) is 57.7 Å². The number of anilines is 1. The van der Waals surface area contributed by atoms with Crippen molar-refractivity contribution in [3.8, 4) is 0 Å². The van der Waals surface area contributed by atoms with E-state index in [1.54, 1.807) is 11.0 Å². The largest absolute Gasteiger partial charge is 0.367 e. The minimum Gasteiger partial charge on any atom is -0.367 e. The molecule has 0 N–H and O–H groups in total. The molecule has 2 aromatic rings. The van der Waals surface area contributed by atoms with Gasteiger partial charge in [-0.1, -0.05) is 6.07 Å². The van der Waals surface area contributed by atoms with Gasteiger partial charge in [0.2, 0.25) is 0 Å². The van der Waals surface area contributed by atoms with Crippen molar-refractivity contribution in [1.82, 2.24) is 4.90 Å². The molecule has 0 spiro atoms. The summed E-state index contributed by atoms with van der Waals surface area (Å²) >= 11 is 1.41. The van der Waals surface area contributed by atoms with Gasteiger partial charge in [0.15, 0.2) is 9.84 Å². The number of rotatable bonds is 3. The molecule has 134 valence electrons. The Balaban J connectivity index is 1.74. The average Bonchev–Trinajstić information content (AvgIpc) is 2.98. The number of sulfone groups is 1. The van der Waals surface area contributed by atoms with Crippen LogP contribution in [0.1, 0.15) is 16.1 Å². The van der Waals surface area contributed by atoms with Crippen molar-refractivity contribution in [2.45, 2.75) is 11.3 Å². The predicted octanol–water partition coefficient (Wildman–Crippen LogP) is 2.64. The zero-order valence-electron chi connectivity index (χ0n) is 13.8. The summed E-state index contributed by atoms with van der Waals surface area (Å²) in [6.45, 7) is 2.25. The SMILES string of the molecule is CS(=O)(=O)c1ccc(N2CCCN(C(=O)c3cccs3)CC2)c(F)c1. The molecule has 0 bridgehead atoms. The van der Waals surface area contributed by atoms with Gasteiger partial charge >= 0.3 is 0 Å². The van der Waals surface area contributed by atoms with Gasteiger partial charge in [-0.3, -0.25) is 4.79 Å². The summed E-state index contributed by atoms with van der Waals surface area (Å²) in [4.78, 5) is 16.8. The highest BCUT2D eigenvalue weighted by Crippen LogP contribution is 2.24. The van der Waals surface area contributed by atoms with Gasteiger partial charge < -0.3 is 9.80 Å². The summed E-state index contributed by atoms with van der Waals surface area (Å²) in [5.74, 6) is -0.550. The number of halogens is 1. The van der Waals surface area contributed by atoms with Crippen LogP contribution in [0.3, 0.4) is 0 Å². The molecule has 0 atom stereocenters. The minimum absolute atomic E-state index is 0.00439. The van der Waals surface area contributed by atoms with E-state index in [1.807, 2.05) is 16.3 Å². The molecular formula is C17H19FN2O3S2. The summed E-state index contributed by atoms with van der Waals surface area (Å²) in [6, 6.07) is 7.64. The van der Waals surface area contributed by atoms with Crippen molar-refractivity contribution in [3.63, 3.8) is 0 Å². The molecule has 1 saturated heterocycles. The Hall–Kier alpha value is -1.93. The van der Waals surface area contributed by atoms with Crippen LogP contribution in [0.25, 0.3) is 0 Å². The molecule has 25 heavy (non-hydrogen) atoms. The highest BCUT2D eigenvalue weighted by Gasteiger charge is 2.23. The van der Waals surface area contributed by atoms with Crippen LogP contribution in [0.4, 0.5) is 10.1 Å². The Morgan fingerprint density at radius 1 is 1.16 bits per heavy atom. The number of amides is 1. The second-order valence-corrected chi connectivity index (χ2v) is 8.96. The molecule has 1 aromatic carbocycles. The third-order valence-corrected chi connectivity index (χ3v) is 6.17. The molecule has 0 unspecified atom stereocenters. The first-order chi connectivity index (χ1) is 11.9. The first-order valence-electron chi connectivity index (χ1n) is 7.93. The molecule has 3 rings (SSSR count). The highest BCUT2D eigenvalue weighted by molar-refractivity contribution is 7.90. The van der Waals surface area contributed by atoms with Crippen LogP contribution in [0, 0.1) is 5.82 Å². The maximum Gasteiger partial charge on any atom is 0.263 e. The second-order valence-electron chi connectivity index (χ2n) is 6.00. The molecule has 1 aromatic heterocycles. The summed E-state index contributed by atoms with van der Waals surface area (Å²) in [5, 5.41) is 1.87. The van der Waals surface area contributed by atoms with Crippen molar-refractivity contribution in [1.29, 1.82) is 0 Å². The summed E-state index contributed by atoms with van der Waals surface area (Å²) in [5.41, 5.74) is 0.373. The van der Waals surface area contributed by atoms with E-state index in [9.17, 15) is 17.6 Å². The van der Waals surface area contributed by atoms with Gasteiger partial charge in [0.05, 0.1) is 15.5 Å². The number of carbonyl (C=O) groups is 1. The lowest BCUT2D eigenvalue weighted by Gasteiger charge is -2.24. The maximum absolute atomic E-state index is 14.4. The molecule has 8 heteroatoms. The molecule has 1 aliphatic rings. The van der Waals surface area contributed by atoms with E-state index in [0.717, 1.165) is 18.7 Å². The van der Waals surface area contributed by atoms with E-state index < -0.39 is 15.7 Å². The van der Waals surface area contributed by atoms with Crippen LogP contribution in [-0.4, -0.2) is 51.7 Å². The first kappa shape index (κ1) is 17.9. The molecule has 5 nitrogen and oxygen atoms in total. The van der Waals surface area contributed by atoms with Gasteiger partial charge in [0.1, 0.15) is 5.82 Å². The molecular weight excluding hydrogens is 363 g/mol. The van der Waals surface area contributed by atoms with Crippen LogP contribution in [0.15, 0.2) is 40.6 Å². The van der Waals surface area contributed by atoms with Gasteiger partial charge in [-0.25, -0.2) is 12.8 Å². The van der Waals surface area contributed by atoms with Gasteiger partial charge in [-0.15, -0.1) is 11.3 Å². The third-order valence-electron chi connectivity index (χ3n) is 4.20. The lowest BCUT2D eigenvalue weighted by molar-refractivity contribution is 0.0772. The zero-order chi connectivity index (χ0) is 18.0. The quantitative estimate of drug-likeness (QED) is 0.819. The van der Waals surface area contributed by atoms with Gasteiger partial charge in [-0.2, -0.15) is 0 Å². The van der Waals surface area contributed by atoms with E-state index in [4.69, 9.17) is 0 Å². The zero-order valence-corrected chi connectivity index (χ0v) is 15.4. The molecule has 1 fully saturated rings. The van der Waals surface area contributed by atoms with Crippen LogP contribution in [0.2, 0.25) is 0 Å². The van der Waals surface area contributed by atoms with Gasteiger partial charge in [-0.05, 0) is 36.1 Å². The molecule has 1 aliphatic heterocycles. The molecule has 0 radical (unpaired) electrons. The van der Waals surface area contributed by atoms with E-state index in [-0.39, 0.29) is 10.8 Å². The lowest BCUT2D eigenvalue weighted by Crippen LogP contribution is -2.35. The second kappa shape index (κ2) is 7.13. The van der Waals surface area contributed by atoms with Gasteiger partial charge in [0, 0.05) is 32.4 Å². The fourth-order valence-corrected chi connectivity index (χ4v) is 4.22. The minimum atomic E-state index is -3.44. The number of hydrogen-bond acceptors (Lipinski definition) is 5. The average molecular weight is 382 g/mol. The van der Waals surface area contributed by atoms with Crippen molar-refractivity contribution >= 4 is 32.8 Å². The molecule has 0 saturated carbocycles. The number of thiophene rings is 1. The van der Waals surface area contributed by atoms with Crippen molar-refractivity contribution in [2.75, 3.05) is 37.3 Å². The van der Waals surface area contributed by atoms with Crippen molar-refractivity contribution in [3.05, 3.63) is 46.4 Å². The van der Waals surface area contributed by atoms with Crippen LogP contribution < -0.4 is 4.90 Å². The number of carbonyl (C=O) groups excluding carboxylic acids is 1. The predicted molar refractivity (Wildman–Crippen MR) is 96.6 cm³/mol. The normalized spacial score (nSPS) is 15.9. The fourth-order valence-electron chi connectivity index (χ4n) is 2.89. The Kier molecular flexibility index (Phi) is 5.10. The fraction of sp³-hybridized carbons (Fsp3) is 0.353. The van der Waals surface area contributed by atoms with Crippen molar-refractivity contribution in [2.24, 2.45) is 0 Å². The smallest absolute Gasteiger partial charge is 0.263 e. The molecule has 0 aliphatic carbocycles. The van der Waals surface area contributed by atoms with E-state index in [2.05, 4.69) is 0 Å². The summed E-state index contributed by atoms with van der Waals surface area (Å²) < 4.78 is 37.5. The first-order valence-corrected chi connectivity index (χ1v) is 10.7. The maximum atomic E-state index is 14.4. The summed E-state index contributed by atoms with van der Waals surface area (Å²) in [6.07, 6.45) is 1.78. The molecule has 2 heterocycles. The Bertz CT molecular complexity index is 866. The number of hydrogen-bond donors (Lipinski definition) is 0. The van der Waals surface area contributed by atoms with E-state index in [1.165, 1.54) is 23.5 Å². The van der Waals surface area contributed by atoms with Gasteiger partial charge in [0.25, 0.3) is 5.91 Å². The monoisotopic (exact) mass is 382 g/mol. The number of benzene rings is 1. The highest BCUT2D eigenvalue weighted by atomic mass is 32.2. The van der Waals surface area contributed by atoms with Crippen molar-refractivity contribution < 1.29 is 17.6 Å².